The zero-order chi connectivity index (χ0) is 26.2. The van der Waals surface area contributed by atoms with Crippen LogP contribution in [-0.4, -0.2) is 74.7 Å². The van der Waals surface area contributed by atoms with Crippen LogP contribution in [0.1, 0.15) is 32.2 Å². The molecule has 6 heterocycles. The van der Waals surface area contributed by atoms with Gasteiger partial charge in [-0.3, -0.25) is 24.1 Å². The molecule has 1 N–H and O–H groups in total. The summed E-state index contributed by atoms with van der Waals surface area (Å²) in [4.78, 5) is 58.6. The van der Waals surface area contributed by atoms with E-state index in [1.807, 2.05) is 36.1 Å². The van der Waals surface area contributed by atoms with Crippen molar-refractivity contribution < 1.29 is 9.53 Å². The highest BCUT2D eigenvalue weighted by atomic mass is 16.5. The molecule has 0 aliphatic carbocycles. The van der Waals surface area contributed by atoms with Gasteiger partial charge in [-0.05, 0) is 37.1 Å². The van der Waals surface area contributed by atoms with E-state index in [0.717, 1.165) is 24.5 Å². The van der Waals surface area contributed by atoms with Gasteiger partial charge < -0.3 is 14.5 Å². The number of H-pyrrole nitrogens is 1. The Morgan fingerprint density at radius 1 is 1.03 bits per heavy atom. The van der Waals surface area contributed by atoms with E-state index in [1.165, 1.54) is 6.20 Å². The molecule has 1 amide bonds. The number of rotatable bonds is 4. The van der Waals surface area contributed by atoms with Crippen LogP contribution < -0.4 is 16.1 Å². The number of carbonyl (C=O) groups excluding carboxylic acids is 1. The van der Waals surface area contributed by atoms with E-state index in [-0.39, 0.29) is 11.9 Å². The minimum absolute atomic E-state index is 0.108. The van der Waals surface area contributed by atoms with E-state index in [4.69, 9.17) is 9.72 Å². The third-order valence-corrected chi connectivity index (χ3v) is 7.47. The Balaban J connectivity index is 1.43. The van der Waals surface area contributed by atoms with Gasteiger partial charge in [-0.15, -0.1) is 0 Å². The summed E-state index contributed by atoms with van der Waals surface area (Å²) in [6.07, 6.45) is 4.98. The lowest BCUT2D eigenvalue weighted by Gasteiger charge is -2.33. The van der Waals surface area contributed by atoms with Crippen molar-refractivity contribution in [2.75, 3.05) is 44.3 Å². The molecule has 4 aromatic rings. The van der Waals surface area contributed by atoms with E-state index in [1.54, 1.807) is 10.8 Å². The number of aromatic nitrogens is 5. The number of amides is 1. The molecule has 0 unspecified atom stereocenters. The number of hydrogen-bond donors (Lipinski definition) is 1. The summed E-state index contributed by atoms with van der Waals surface area (Å²) < 4.78 is 7.07. The predicted molar refractivity (Wildman–Crippen MR) is 143 cm³/mol. The van der Waals surface area contributed by atoms with Gasteiger partial charge in [0.05, 0.1) is 35.3 Å². The average Bonchev–Trinajstić information content (AvgIpc) is 2.97. The maximum Gasteiger partial charge on any atom is 0.329 e. The van der Waals surface area contributed by atoms with Crippen LogP contribution in [0.25, 0.3) is 33.2 Å². The monoisotopic (exact) mass is 515 g/mol. The number of fused-ring (bicyclic) bond motifs is 3. The van der Waals surface area contributed by atoms with E-state index in [0.29, 0.717) is 73.2 Å². The highest BCUT2D eigenvalue weighted by Gasteiger charge is 2.26. The van der Waals surface area contributed by atoms with Crippen LogP contribution in [0.3, 0.4) is 0 Å². The van der Waals surface area contributed by atoms with Gasteiger partial charge in [-0.1, -0.05) is 6.92 Å². The standard InChI is InChI=1S/C27H29N7O4/c1-2-23(35)33-9-7-18(8-10-33)34-25-19(26(36)31-27(34)37)16-28-21-5-4-20(30-24(21)25)17-3-6-22(29-15-17)32-11-13-38-14-12-32/h3-6,15-16,18H,2,7-14H2,1H3,(H,31,36,37). The van der Waals surface area contributed by atoms with Gasteiger partial charge >= 0.3 is 5.69 Å². The van der Waals surface area contributed by atoms with Crippen LogP contribution in [0.2, 0.25) is 0 Å². The molecule has 4 aromatic heterocycles. The fourth-order valence-corrected chi connectivity index (χ4v) is 5.41. The zero-order valence-electron chi connectivity index (χ0n) is 21.2. The first-order valence-electron chi connectivity index (χ1n) is 13.0. The molecule has 0 radical (unpaired) electrons. The number of likely N-dealkylation sites (tertiary alicyclic amines) is 1. The fourth-order valence-electron chi connectivity index (χ4n) is 5.41. The molecular weight excluding hydrogens is 486 g/mol. The van der Waals surface area contributed by atoms with Crippen molar-refractivity contribution in [3.63, 3.8) is 0 Å². The molecule has 11 heteroatoms. The van der Waals surface area contributed by atoms with Crippen molar-refractivity contribution in [3.8, 4) is 11.3 Å². The Morgan fingerprint density at radius 2 is 1.82 bits per heavy atom. The Hall–Kier alpha value is -4.12. The SMILES string of the molecule is CCC(=O)N1CCC(n2c(=O)[nH]c(=O)c3cnc4ccc(-c5ccc(N6CCOCC6)nc5)nc4c32)CC1. The van der Waals surface area contributed by atoms with Crippen LogP contribution in [-0.2, 0) is 9.53 Å². The summed E-state index contributed by atoms with van der Waals surface area (Å²) in [6, 6.07) is 7.50. The molecule has 6 rings (SSSR count). The van der Waals surface area contributed by atoms with Crippen LogP contribution in [0.4, 0.5) is 5.82 Å². The topological polar surface area (TPSA) is 126 Å². The number of ether oxygens (including phenoxy) is 1. The summed E-state index contributed by atoms with van der Waals surface area (Å²) in [5.41, 5.74) is 2.10. The molecule has 38 heavy (non-hydrogen) atoms. The molecule has 0 aromatic carbocycles. The van der Waals surface area contributed by atoms with Crippen LogP contribution >= 0.6 is 0 Å². The number of piperidine rings is 1. The van der Waals surface area contributed by atoms with E-state index in [2.05, 4.69) is 19.9 Å². The van der Waals surface area contributed by atoms with Crippen molar-refractivity contribution >= 4 is 33.7 Å². The molecule has 0 saturated carbocycles. The lowest BCUT2D eigenvalue weighted by Crippen LogP contribution is -2.42. The summed E-state index contributed by atoms with van der Waals surface area (Å²) in [7, 11) is 0. The molecular formula is C27H29N7O4. The number of anilines is 1. The molecule has 0 atom stereocenters. The third-order valence-electron chi connectivity index (χ3n) is 7.47. The number of morpholine rings is 1. The first-order valence-corrected chi connectivity index (χ1v) is 13.0. The normalized spacial score (nSPS) is 16.9. The number of aromatic amines is 1. The Morgan fingerprint density at radius 3 is 2.53 bits per heavy atom. The number of pyridine rings is 3. The molecule has 0 spiro atoms. The third kappa shape index (κ3) is 4.32. The van der Waals surface area contributed by atoms with Crippen molar-refractivity contribution in [1.29, 1.82) is 0 Å². The molecule has 0 bridgehead atoms. The smallest absolute Gasteiger partial charge is 0.329 e. The zero-order valence-corrected chi connectivity index (χ0v) is 21.2. The van der Waals surface area contributed by atoms with Gasteiger partial charge in [0.25, 0.3) is 5.56 Å². The molecule has 2 aliphatic heterocycles. The second kappa shape index (κ2) is 9.97. The fraction of sp³-hybridized carbons (Fsp3) is 0.407. The maximum atomic E-state index is 13.2. The Labute approximate surface area is 218 Å². The first kappa shape index (κ1) is 24.2. The lowest BCUT2D eigenvalue weighted by molar-refractivity contribution is -0.132. The molecule has 2 saturated heterocycles. The molecule has 2 fully saturated rings. The number of nitrogens with zero attached hydrogens (tertiary/aromatic N) is 6. The highest BCUT2D eigenvalue weighted by molar-refractivity contribution is 6.01. The Kier molecular flexibility index (Phi) is 6.36. The molecule has 11 nitrogen and oxygen atoms in total. The second-order valence-electron chi connectivity index (χ2n) is 9.68. The van der Waals surface area contributed by atoms with Crippen LogP contribution in [0.5, 0.6) is 0 Å². The van der Waals surface area contributed by atoms with Gasteiger partial charge in [0.2, 0.25) is 5.91 Å². The molecule has 2 aliphatic rings. The number of hydrogen-bond acceptors (Lipinski definition) is 8. The minimum Gasteiger partial charge on any atom is -0.378 e. The average molecular weight is 516 g/mol. The number of carbonyl (C=O) groups is 1. The van der Waals surface area contributed by atoms with Crippen LogP contribution in [0.15, 0.2) is 46.2 Å². The van der Waals surface area contributed by atoms with Gasteiger partial charge in [0.15, 0.2) is 0 Å². The van der Waals surface area contributed by atoms with Crippen molar-refractivity contribution in [1.82, 2.24) is 29.4 Å². The predicted octanol–water partition coefficient (Wildman–Crippen LogP) is 2.11. The van der Waals surface area contributed by atoms with Gasteiger partial charge in [0, 0.05) is 56.6 Å². The largest absolute Gasteiger partial charge is 0.378 e. The summed E-state index contributed by atoms with van der Waals surface area (Å²) >= 11 is 0. The van der Waals surface area contributed by atoms with E-state index >= 15 is 0 Å². The second-order valence-corrected chi connectivity index (χ2v) is 9.68. The molecule has 196 valence electrons. The first-order chi connectivity index (χ1) is 18.5. The van der Waals surface area contributed by atoms with E-state index < -0.39 is 11.2 Å². The lowest BCUT2D eigenvalue weighted by atomic mass is 10.0. The minimum atomic E-state index is -0.488. The van der Waals surface area contributed by atoms with Crippen molar-refractivity contribution in [2.45, 2.75) is 32.2 Å². The maximum absolute atomic E-state index is 13.2. The van der Waals surface area contributed by atoms with Crippen LogP contribution in [0, 0.1) is 0 Å². The highest BCUT2D eigenvalue weighted by Crippen LogP contribution is 2.29. The van der Waals surface area contributed by atoms with Crippen molar-refractivity contribution in [3.05, 3.63) is 57.5 Å². The summed E-state index contributed by atoms with van der Waals surface area (Å²) in [6.45, 7) is 5.95. The summed E-state index contributed by atoms with van der Waals surface area (Å²) in [5.74, 6) is 0.995. The van der Waals surface area contributed by atoms with Crippen molar-refractivity contribution in [2.24, 2.45) is 0 Å². The summed E-state index contributed by atoms with van der Waals surface area (Å²) in [5, 5.41) is 0.314. The van der Waals surface area contributed by atoms with E-state index in [9.17, 15) is 14.4 Å². The Bertz CT molecular complexity index is 1620. The van der Waals surface area contributed by atoms with Gasteiger partial charge in [-0.25, -0.2) is 14.8 Å². The van der Waals surface area contributed by atoms with Gasteiger partial charge in [0.1, 0.15) is 11.3 Å². The number of nitrogens with one attached hydrogen (secondary N) is 1. The van der Waals surface area contributed by atoms with Gasteiger partial charge in [-0.2, -0.15) is 0 Å². The quantitative estimate of drug-likeness (QED) is 0.410.